The van der Waals surface area contributed by atoms with E-state index in [1.807, 2.05) is 61.5 Å². The van der Waals surface area contributed by atoms with Crippen molar-refractivity contribution in [3.63, 3.8) is 0 Å². The van der Waals surface area contributed by atoms with Gasteiger partial charge in [0, 0.05) is 10.8 Å². The largest absolute Gasteiger partial charge is 0.344 e. The molecule has 0 aliphatic rings. The van der Waals surface area contributed by atoms with Crippen molar-refractivity contribution in [2.24, 2.45) is 0 Å². The normalized spacial score (nSPS) is 11.8. The number of carbonyl (C=O) groups is 1. The standard InChI is InChI=1S/C23H21ClFNOS/c1-16-7-9-18(10-8-16)23(17-5-3-2-4-6-17)26-22(27)15-28-14-19-11-12-20(24)13-21(19)25/h2-13,23H,14-15H2,1H3,(H,26,27)/t23-/m1/s1. The lowest BCUT2D eigenvalue weighted by Crippen LogP contribution is -2.30. The Labute approximate surface area is 174 Å². The van der Waals surface area contributed by atoms with Gasteiger partial charge in [-0.1, -0.05) is 77.8 Å². The number of rotatable bonds is 7. The molecule has 5 heteroatoms. The molecule has 1 amide bonds. The molecule has 3 rings (SSSR count). The van der Waals surface area contributed by atoms with Crippen molar-refractivity contribution in [1.29, 1.82) is 0 Å². The lowest BCUT2D eigenvalue weighted by atomic mass is 9.98. The van der Waals surface area contributed by atoms with Gasteiger partial charge < -0.3 is 5.32 Å². The first kappa shape index (κ1) is 20.4. The number of carbonyl (C=O) groups excluding carboxylic acids is 1. The van der Waals surface area contributed by atoms with Gasteiger partial charge in [0.25, 0.3) is 0 Å². The van der Waals surface area contributed by atoms with E-state index >= 15 is 0 Å². The number of aryl methyl sites for hydroxylation is 1. The highest BCUT2D eigenvalue weighted by Crippen LogP contribution is 2.23. The molecule has 3 aromatic carbocycles. The fraction of sp³-hybridized carbons (Fsp3) is 0.174. The van der Waals surface area contributed by atoms with Gasteiger partial charge in [-0.25, -0.2) is 4.39 Å². The molecule has 1 atom stereocenters. The van der Waals surface area contributed by atoms with Crippen molar-refractivity contribution in [1.82, 2.24) is 5.32 Å². The summed E-state index contributed by atoms with van der Waals surface area (Å²) < 4.78 is 13.9. The van der Waals surface area contributed by atoms with Crippen LogP contribution in [0.5, 0.6) is 0 Å². The van der Waals surface area contributed by atoms with Crippen molar-refractivity contribution in [2.45, 2.75) is 18.7 Å². The lowest BCUT2D eigenvalue weighted by molar-refractivity contribution is -0.119. The number of benzene rings is 3. The van der Waals surface area contributed by atoms with Crippen molar-refractivity contribution < 1.29 is 9.18 Å². The SMILES string of the molecule is Cc1ccc([C@H](NC(=O)CSCc2ccc(Cl)cc2F)c2ccccc2)cc1. The molecule has 2 nitrogen and oxygen atoms in total. The summed E-state index contributed by atoms with van der Waals surface area (Å²) >= 11 is 7.15. The van der Waals surface area contributed by atoms with Gasteiger partial charge in [0.15, 0.2) is 0 Å². The van der Waals surface area contributed by atoms with E-state index in [0.29, 0.717) is 16.3 Å². The predicted octanol–water partition coefficient (Wildman–Crippen LogP) is 5.93. The summed E-state index contributed by atoms with van der Waals surface area (Å²) in [4.78, 5) is 12.5. The molecule has 28 heavy (non-hydrogen) atoms. The summed E-state index contributed by atoms with van der Waals surface area (Å²) in [6.07, 6.45) is 0. The Morgan fingerprint density at radius 2 is 1.71 bits per heavy atom. The minimum Gasteiger partial charge on any atom is -0.344 e. The van der Waals surface area contributed by atoms with Crippen LogP contribution < -0.4 is 5.32 Å². The molecule has 0 aromatic heterocycles. The van der Waals surface area contributed by atoms with Gasteiger partial charge in [-0.15, -0.1) is 11.8 Å². The van der Waals surface area contributed by atoms with E-state index in [1.54, 1.807) is 12.1 Å². The van der Waals surface area contributed by atoms with Crippen LogP contribution in [0.2, 0.25) is 5.02 Å². The third kappa shape index (κ3) is 5.60. The van der Waals surface area contributed by atoms with Gasteiger partial charge in [0.05, 0.1) is 11.8 Å². The molecule has 0 aliphatic heterocycles. The Bertz CT molecular complexity index is 931. The highest BCUT2D eigenvalue weighted by Gasteiger charge is 2.17. The molecule has 0 fully saturated rings. The van der Waals surface area contributed by atoms with Crippen LogP contribution in [-0.4, -0.2) is 11.7 Å². The Balaban J connectivity index is 1.65. The van der Waals surface area contributed by atoms with Crippen molar-refractivity contribution in [2.75, 3.05) is 5.75 Å². The summed E-state index contributed by atoms with van der Waals surface area (Å²) in [7, 11) is 0. The third-order valence-electron chi connectivity index (χ3n) is 4.35. The average molecular weight is 414 g/mol. The topological polar surface area (TPSA) is 29.1 Å². The molecule has 0 radical (unpaired) electrons. The van der Waals surface area contributed by atoms with Crippen molar-refractivity contribution in [3.8, 4) is 0 Å². The maximum absolute atomic E-state index is 13.9. The summed E-state index contributed by atoms with van der Waals surface area (Å²) in [6.45, 7) is 2.03. The minimum atomic E-state index is -0.345. The monoisotopic (exact) mass is 413 g/mol. The predicted molar refractivity (Wildman–Crippen MR) is 115 cm³/mol. The third-order valence-corrected chi connectivity index (χ3v) is 5.57. The molecule has 1 N–H and O–H groups in total. The molecule has 0 unspecified atom stereocenters. The van der Waals surface area contributed by atoms with Crippen molar-refractivity contribution >= 4 is 29.3 Å². The van der Waals surface area contributed by atoms with Gasteiger partial charge in [-0.05, 0) is 35.7 Å². The van der Waals surface area contributed by atoms with E-state index in [0.717, 1.165) is 11.1 Å². The highest BCUT2D eigenvalue weighted by atomic mass is 35.5. The van der Waals surface area contributed by atoms with Crippen LogP contribution in [0.15, 0.2) is 72.8 Å². The quantitative estimate of drug-likeness (QED) is 0.520. The molecular formula is C23H21ClFNOS. The fourth-order valence-electron chi connectivity index (χ4n) is 2.86. The number of hydrogen-bond donors (Lipinski definition) is 1. The summed E-state index contributed by atoms with van der Waals surface area (Å²) in [5.41, 5.74) is 3.76. The van der Waals surface area contributed by atoms with Gasteiger partial charge in [-0.2, -0.15) is 0 Å². The molecule has 144 valence electrons. The van der Waals surface area contributed by atoms with Crippen LogP contribution in [0.25, 0.3) is 0 Å². The highest BCUT2D eigenvalue weighted by molar-refractivity contribution is 7.99. The molecule has 0 saturated carbocycles. The van der Waals surface area contributed by atoms with Gasteiger partial charge in [0.1, 0.15) is 5.82 Å². The fourth-order valence-corrected chi connectivity index (χ4v) is 3.84. The number of hydrogen-bond acceptors (Lipinski definition) is 2. The summed E-state index contributed by atoms with van der Waals surface area (Å²) in [6, 6.07) is 22.4. The van der Waals surface area contributed by atoms with Crippen LogP contribution in [-0.2, 0) is 10.5 Å². The number of nitrogens with one attached hydrogen (secondary N) is 1. The Hall–Kier alpha value is -2.30. The molecule has 0 aliphatic carbocycles. The van der Waals surface area contributed by atoms with E-state index < -0.39 is 0 Å². The van der Waals surface area contributed by atoms with E-state index in [1.165, 1.54) is 23.4 Å². The minimum absolute atomic E-state index is 0.0891. The van der Waals surface area contributed by atoms with E-state index in [-0.39, 0.29) is 23.5 Å². The maximum atomic E-state index is 13.9. The zero-order valence-corrected chi connectivity index (χ0v) is 17.1. The van der Waals surface area contributed by atoms with E-state index in [2.05, 4.69) is 5.32 Å². The second kappa shape index (κ2) is 9.76. The van der Waals surface area contributed by atoms with Crippen LogP contribution >= 0.6 is 23.4 Å². The zero-order valence-electron chi connectivity index (χ0n) is 15.5. The lowest BCUT2D eigenvalue weighted by Gasteiger charge is -2.20. The molecule has 0 bridgehead atoms. The Morgan fingerprint density at radius 3 is 2.39 bits per heavy atom. The molecular weight excluding hydrogens is 393 g/mol. The van der Waals surface area contributed by atoms with Gasteiger partial charge >= 0.3 is 0 Å². The first-order valence-corrected chi connectivity index (χ1v) is 10.5. The Kier molecular flexibility index (Phi) is 7.12. The van der Waals surface area contributed by atoms with Crippen LogP contribution in [0.4, 0.5) is 4.39 Å². The molecule has 0 heterocycles. The van der Waals surface area contributed by atoms with Crippen LogP contribution in [0.3, 0.4) is 0 Å². The van der Waals surface area contributed by atoms with E-state index in [4.69, 9.17) is 11.6 Å². The van der Waals surface area contributed by atoms with Crippen molar-refractivity contribution in [3.05, 3.63) is 106 Å². The smallest absolute Gasteiger partial charge is 0.230 e. The van der Waals surface area contributed by atoms with Gasteiger partial charge in [-0.3, -0.25) is 4.79 Å². The number of thioether (sulfide) groups is 1. The van der Waals surface area contributed by atoms with E-state index in [9.17, 15) is 9.18 Å². The molecule has 0 spiro atoms. The summed E-state index contributed by atoms with van der Waals surface area (Å²) in [5, 5.41) is 3.47. The molecule has 3 aromatic rings. The average Bonchev–Trinajstić information content (AvgIpc) is 2.69. The van der Waals surface area contributed by atoms with Crippen LogP contribution in [0.1, 0.15) is 28.3 Å². The zero-order chi connectivity index (χ0) is 19.9. The Morgan fingerprint density at radius 1 is 1.04 bits per heavy atom. The van der Waals surface area contributed by atoms with Gasteiger partial charge in [0.2, 0.25) is 5.91 Å². The first-order valence-electron chi connectivity index (χ1n) is 8.95. The second-order valence-electron chi connectivity index (χ2n) is 6.55. The number of amides is 1. The van der Waals surface area contributed by atoms with Crippen LogP contribution in [0, 0.1) is 12.7 Å². The first-order chi connectivity index (χ1) is 13.5. The molecule has 0 saturated heterocycles. The number of halogens is 2. The summed E-state index contributed by atoms with van der Waals surface area (Å²) in [5.74, 6) is 0.227. The second-order valence-corrected chi connectivity index (χ2v) is 7.97. The maximum Gasteiger partial charge on any atom is 0.230 e.